The minimum absolute atomic E-state index is 0.0957. The highest BCUT2D eigenvalue weighted by molar-refractivity contribution is 5.87. The summed E-state index contributed by atoms with van der Waals surface area (Å²) in [6.07, 6.45) is 7.00. The Hall–Kier alpha value is -2.14. The van der Waals surface area contributed by atoms with Crippen LogP contribution < -0.4 is 0 Å². The van der Waals surface area contributed by atoms with Crippen LogP contribution in [-0.4, -0.2) is 39.1 Å². The molecule has 0 bridgehead atoms. The van der Waals surface area contributed by atoms with Gasteiger partial charge in [0, 0.05) is 32.8 Å². The number of nitrogens with one attached hydrogen (secondary N) is 1. The van der Waals surface area contributed by atoms with Crippen LogP contribution in [0.1, 0.15) is 77.1 Å². The number of aliphatic hydroxyl groups excluding tert-OH is 1. The third-order valence-electron chi connectivity index (χ3n) is 11.0. The first kappa shape index (κ1) is 24.2. The van der Waals surface area contributed by atoms with E-state index in [-0.39, 0.29) is 22.3 Å². The lowest BCUT2D eigenvalue weighted by Crippen LogP contribution is -2.67. The van der Waals surface area contributed by atoms with Crippen LogP contribution in [0.15, 0.2) is 54.7 Å². The molecule has 0 spiro atoms. The van der Waals surface area contributed by atoms with Crippen LogP contribution in [0.2, 0.25) is 0 Å². The molecule has 0 saturated heterocycles. The Morgan fingerprint density at radius 2 is 1.97 bits per heavy atom. The highest BCUT2D eigenvalue weighted by atomic mass is 16.5. The molecule has 0 radical (unpaired) electrons. The van der Waals surface area contributed by atoms with E-state index in [0.29, 0.717) is 12.3 Å². The van der Waals surface area contributed by atoms with Gasteiger partial charge in [0.05, 0.1) is 11.7 Å². The van der Waals surface area contributed by atoms with E-state index in [1.165, 1.54) is 27.7 Å². The summed E-state index contributed by atoms with van der Waals surface area (Å²) in [7, 11) is 0. The number of rotatable bonds is 3. The summed E-state index contributed by atoms with van der Waals surface area (Å²) in [5, 5.41) is 24.8. The fraction of sp³-hybridized carbons (Fsp3) is 0.562. The SMILES string of the molecule is C=CC(C)(C)c1ccc2c3c([nH]c2c1)[C@@]1(C)[C@@H](CC[C@@]2(O)C4=CC(O)C(C(=C)C)OC4CC[C@@]21C)C3. The molecule has 4 nitrogen and oxygen atoms in total. The van der Waals surface area contributed by atoms with Crippen molar-refractivity contribution in [2.45, 2.75) is 101 Å². The van der Waals surface area contributed by atoms with Gasteiger partial charge in [-0.1, -0.05) is 52.5 Å². The summed E-state index contributed by atoms with van der Waals surface area (Å²) in [6, 6.07) is 6.81. The highest BCUT2D eigenvalue weighted by Gasteiger charge is 2.69. The molecule has 36 heavy (non-hydrogen) atoms. The predicted octanol–water partition coefficient (Wildman–Crippen LogP) is 6.02. The maximum absolute atomic E-state index is 12.6. The number of hydrogen-bond acceptors (Lipinski definition) is 3. The van der Waals surface area contributed by atoms with E-state index in [2.05, 4.69) is 64.0 Å². The van der Waals surface area contributed by atoms with Crippen molar-refractivity contribution in [1.82, 2.24) is 4.98 Å². The molecule has 6 rings (SSSR count). The van der Waals surface area contributed by atoms with E-state index in [4.69, 9.17) is 4.74 Å². The summed E-state index contributed by atoms with van der Waals surface area (Å²) >= 11 is 0. The minimum atomic E-state index is -1.02. The predicted molar refractivity (Wildman–Crippen MR) is 145 cm³/mol. The quantitative estimate of drug-likeness (QED) is 0.464. The molecule has 1 aromatic carbocycles. The van der Waals surface area contributed by atoms with Crippen molar-refractivity contribution in [2.75, 3.05) is 0 Å². The van der Waals surface area contributed by atoms with Crippen molar-refractivity contribution in [1.29, 1.82) is 0 Å². The maximum Gasteiger partial charge on any atom is 0.108 e. The topological polar surface area (TPSA) is 65.5 Å². The molecular weight excluding hydrogens is 446 g/mol. The van der Waals surface area contributed by atoms with Gasteiger partial charge in [-0.25, -0.2) is 0 Å². The minimum Gasteiger partial charge on any atom is -0.386 e. The number of aromatic nitrogens is 1. The van der Waals surface area contributed by atoms with E-state index >= 15 is 0 Å². The average molecular weight is 488 g/mol. The van der Waals surface area contributed by atoms with Crippen molar-refractivity contribution in [3.05, 3.63) is 71.5 Å². The first-order valence-corrected chi connectivity index (χ1v) is 13.6. The number of aliphatic hydroxyl groups is 2. The second kappa shape index (κ2) is 7.46. The van der Waals surface area contributed by atoms with Crippen LogP contribution in [-0.2, 0) is 22.0 Å². The summed E-state index contributed by atoms with van der Waals surface area (Å²) in [4.78, 5) is 3.87. The lowest BCUT2D eigenvalue weighted by molar-refractivity contribution is -0.185. The first-order chi connectivity index (χ1) is 16.9. The summed E-state index contributed by atoms with van der Waals surface area (Å²) in [5.74, 6) is 0.479. The number of hydrogen-bond donors (Lipinski definition) is 3. The molecule has 3 aliphatic carbocycles. The molecular formula is C32H41NO3. The fourth-order valence-electron chi connectivity index (χ4n) is 8.38. The molecule has 7 atom stereocenters. The summed E-state index contributed by atoms with van der Waals surface area (Å²) in [5.41, 5.74) is 5.18. The molecule has 3 N–H and O–H groups in total. The van der Waals surface area contributed by atoms with Gasteiger partial charge < -0.3 is 19.9 Å². The highest BCUT2D eigenvalue weighted by Crippen LogP contribution is 2.69. The number of H-pyrrole nitrogens is 1. The Balaban J connectivity index is 1.48. The molecule has 0 amide bonds. The van der Waals surface area contributed by atoms with Gasteiger partial charge in [0.15, 0.2) is 0 Å². The molecule has 2 saturated carbocycles. The number of aromatic amines is 1. The van der Waals surface area contributed by atoms with Crippen molar-refractivity contribution in [2.24, 2.45) is 11.3 Å². The van der Waals surface area contributed by atoms with Gasteiger partial charge in [-0.3, -0.25) is 0 Å². The monoisotopic (exact) mass is 487 g/mol. The Kier molecular flexibility index (Phi) is 5.02. The fourth-order valence-corrected chi connectivity index (χ4v) is 8.38. The van der Waals surface area contributed by atoms with E-state index in [9.17, 15) is 10.2 Å². The Morgan fingerprint density at radius 1 is 1.22 bits per heavy atom. The van der Waals surface area contributed by atoms with Gasteiger partial charge in [0.25, 0.3) is 0 Å². The summed E-state index contributed by atoms with van der Waals surface area (Å²) < 4.78 is 6.35. The molecule has 4 heteroatoms. The van der Waals surface area contributed by atoms with Crippen LogP contribution in [0.3, 0.4) is 0 Å². The Labute approximate surface area is 215 Å². The normalized spacial score (nSPS) is 39.6. The van der Waals surface area contributed by atoms with Crippen LogP contribution in [0.4, 0.5) is 0 Å². The van der Waals surface area contributed by atoms with Crippen molar-refractivity contribution in [3.63, 3.8) is 0 Å². The smallest absolute Gasteiger partial charge is 0.108 e. The van der Waals surface area contributed by atoms with Crippen LogP contribution in [0.25, 0.3) is 10.9 Å². The third-order valence-corrected chi connectivity index (χ3v) is 11.0. The van der Waals surface area contributed by atoms with E-state index in [1.807, 2.05) is 19.1 Å². The van der Waals surface area contributed by atoms with Gasteiger partial charge in [-0.05, 0) is 79.4 Å². The molecule has 2 fully saturated rings. The number of fused-ring (bicyclic) bond motifs is 9. The largest absolute Gasteiger partial charge is 0.386 e. The number of benzene rings is 1. The molecule has 192 valence electrons. The van der Waals surface area contributed by atoms with Crippen molar-refractivity contribution < 1.29 is 14.9 Å². The van der Waals surface area contributed by atoms with E-state index < -0.39 is 17.8 Å². The molecule has 2 heterocycles. The van der Waals surface area contributed by atoms with Gasteiger partial charge in [0.1, 0.15) is 12.2 Å². The first-order valence-electron chi connectivity index (χ1n) is 13.6. The summed E-state index contributed by atoms with van der Waals surface area (Å²) in [6.45, 7) is 19.0. The van der Waals surface area contributed by atoms with E-state index in [1.54, 1.807) is 0 Å². The molecule has 3 unspecified atom stereocenters. The number of ether oxygens (including phenoxy) is 1. The van der Waals surface area contributed by atoms with E-state index in [0.717, 1.165) is 36.8 Å². The zero-order valence-electron chi connectivity index (χ0n) is 22.4. The van der Waals surface area contributed by atoms with Crippen molar-refractivity contribution >= 4 is 10.9 Å². The third kappa shape index (κ3) is 2.81. The van der Waals surface area contributed by atoms with Gasteiger partial charge in [0.2, 0.25) is 0 Å². The molecule has 1 aromatic heterocycles. The Morgan fingerprint density at radius 3 is 2.67 bits per heavy atom. The average Bonchev–Trinajstić information content (AvgIpc) is 3.34. The van der Waals surface area contributed by atoms with Crippen LogP contribution >= 0.6 is 0 Å². The lowest BCUT2D eigenvalue weighted by atomic mass is 9.42. The molecule has 4 aliphatic rings. The second-order valence-corrected chi connectivity index (χ2v) is 13.0. The maximum atomic E-state index is 12.6. The van der Waals surface area contributed by atoms with Crippen LogP contribution in [0.5, 0.6) is 0 Å². The van der Waals surface area contributed by atoms with Gasteiger partial charge in [-0.15, -0.1) is 6.58 Å². The Bertz CT molecular complexity index is 1320. The zero-order valence-corrected chi connectivity index (χ0v) is 22.4. The van der Waals surface area contributed by atoms with Gasteiger partial charge >= 0.3 is 0 Å². The molecule has 2 aromatic rings. The zero-order chi connectivity index (χ0) is 25.8. The number of allylic oxidation sites excluding steroid dienone is 1. The lowest BCUT2D eigenvalue weighted by Gasteiger charge is -2.65. The van der Waals surface area contributed by atoms with Crippen molar-refractivity contribution in [3.8, 4) is 0 Å². The van der Waals surface area contributed by atoms with Gasteiger partial charge in [-0.2, -0.15) is 0 Å². The van der Waals surface area contributed by atoms with Crippen LogP contribution in [0, 0.1) is 11.3 Å². The molecule has 1 aliphatic heterocycles. The second-order valence-electron chi connectivity index (χ2n) is 13.0. The standard InChI is InChI=1S/C32H41NO3/c1-8-29(4,5)19-9-10-21-22-15-20-11-14-32(35)23-17-25(34)27(18(2)3)36-26(23)12-13-30(32,6)31(20,7)28(22)33-24(21)16-19/h8-10,16-17,20,25-27,33-35H,1-2,11-15H2,3-7H3/t20-,25?,26?,27?,30+,31+,32+/m0/s1.